The number of nitrogens with one attached hydrogen (secondary N) is 3. The standard InChI is InChI=1S/C22H18N6O5/c29-20(23-19-17-11-14(28(32)33)8-9-18(17)24-25-19)12-4-3-5-13(10-12)26-27-21(30)15-6-1-2-7-16(15)22(27)31/h1-5,8-11,15-16,26H,6-7H2,(H2,23,24,25,29)/t15-,16-/m1/s1. The average molecular weight is 446 g/mol. The number of carbonyl (C=O) groups excluding carboxylic acids is 3. The second-order valence-electron chi connectivity index (χ2n) is 7.87. The summed E-state index contributed by atoms with van der Waals surface area (Å²) < 4.78 is 0. The Bertz CT molecular complexity index is 1320. The number of aromatic amines is 1. The summed E-state index contributed by atoms with van der Waals surface area (Å²) in [5.41, 5.74) is 3.89. The van der Waals surface area contributed by atoms with Crippen molar-refractivity contribution in [2.75, 3.05) is 10.7 Å². The van der Waals surface area contributed by atoms with Crippen molar-refractivity contribution >= 4 is 45.8 Å². The number of nitro groups is 1. The monoisotopic (exact) mass is 446 g/mol. The lowest BCUT2D eigenvalue weighted by molar-refractivity contribution is -0.384. The minimum Gasteiger partial charge on any atom is -0.305 e. The molecule has 0 bridgehead atoms. The largest absolute Gasteiger partial charge is 0.305 e. The molecule has 0 radical (unpaired) electrons. The Kier molecular flexibility index (Phi) is 4.85. The zero-order valence-corrected chi connectivity index (χ0v) is 17.1. The Morgan fingerprint density at radius 1 is 1.09 bits per heavy atom. The van der Waals surface area contributed by atoms with Crippen LogP contribution < -0.4 is 10.7 Å². The van der Waals surface area contributed by atoms with Gasteiger partial charge < -0.3 is 5.32 Å². The topological polar surface area (TPSA) is 150 Å². The van der Waals surface area contributed by atoms with Crippen molar-refractivity contribution in [1.82, 2.24) is 15.2 Å². The zero-order chi connectivity index (χ0) is 23.1. The molecule has 166 valence electrons. The number of allylic oxidation sites excluding steroid dienone is 2. The fourth-order valence-corrected chi connectivity index (χ4v) is 4.16. The number of nitro benzene ring substituents is 1. The Morgan fingerprint density at radius 3 is 2.52 bits per heavy atom. The van der Waals surface area contributed by atoms with Gasteiger partial charge in [-0.3, -0.25) is 35.0 Å². The van der Waals surface area contributed by atoms with Crippen molar-refractivity contribution in [1.29, 1.82) is 0 Å². The van der Waals surface area contributed by atoms with Crippen molar-refractivity contribution in [2.45, 2.75) is 12.8 Å². The number of imide groups is 1. The highest BCUT2D eigenvalue weighted by Gasteiger charge is 2.47. The van der Waals surface area contributed by atoms with Crippen LogP contribution in [-0.2, 0) is 9.59 Å². The van der Waals surface area contributed by atoms with Crippen LogP contribution in [0.1, 0.15) is 23.2 Å². The highest BCUT2D eigenvalue weighted by molar-refractivity contribution is 6.09. The van der Waals surface area contributed by atoms with E-state index in [0.29, 0.717) is 29.4 Å². The highest BCUT2D eigenvalue weighted by atomic mass is 16.6. The number of fused-ring (bicyclic) bond motifs is 2. The molecule has 0 unspecified atom stereocenters. The van der Waals surface area contributed by atoms with Crippen molar-refractivity contribution in [3.63, 3.8) is 0 Å². The molecule has 5 rings (SSSR count). The number of hydrazine groups is 1. The van der Waals surface area contributed by atoms with Crippen LogP contribution in [0.2, 0.25) is 0 Å². The molecule has 3 amide bonds. The number of nitrogens with zero attached hydrogens (tertiary/aromatic N) is 3. The number of carbonyl (C=O) groups is 3. The summed E-state index contributed by atoms with van der Waals surface area (Å²) >= 11 is 0. The Labute approximate surface area is 186 Å². The maximum atomic E-state index is 12.8. The second-order valence-corrected chi connectivity index (χ2v) is 7.87. The Morgan fingerprint density at radius 2 is 1.82 bits per heavy atom. The van der Waals surface area contributed by atoms with E-state index in [-0.39, 0.29) is 40.7 Å². The van der Waals surface area contributed by atoms with Gasteiger partial charge in [-0.2, -0.15) is 10.1 Å². The predicted octanol–water partition coefficient (Wildman–Crippen LogP) is 3.00. The molecule has 11 heteroatoms. The van der Waals surface area contributed by atoms with Gasteiger partial charge in [0.15, 0.2) is 5.82 Å². The van der Waals surface area contributed by atoms with Gasteiger partial charge in [-0.05, 0) is 37.1 Å². The molecule has 1 fully saturated rings. The average Bonchev–Trinajstić information content (AvgIpc) is 3.33. The zero-order valence-electron chi connectivity index (χ0n) is 17.1. The lowest BCUT2D eigenvalue weighted by atomic mass is 9.85. The van der Waals surface area contributed by atoms with Crippen molar-refractivity contribution in [2.24, 2.45) is 11.8 Å². The summed E-state index contributed by atoms with van der Waals surface area (Å²) in [5, 5.41) is 21.9. The third-order valence-electron chi connectivity index (χ3n) is 5.86. The summed E-state index contributed by atoms with van der Waals surface area (Å²) in [6, 6.07) is 10.5. The molecule has 11 nitrogen and oxygen atoms in total. The van der Waals surface area contributed by atoms with Gasteiger partial charge in [0, 0.05) is 17.7 Å². The van der Waals surface area contributed by atoms with Crippen molar-refractivity contribution < 1.29 is 19.3 Å². The van der Waals surface area contributed by atoms with Crippen LogP contribution >= 0.6 is 0 Å². The third-order valence-corrected chi connectivity index (χ3v) is 5.86. The minimum atomic E-state index is -0.527. The second kappa shape index (κ2) is 7.86. The molecular formula is C22H18N6O5. The molecule has 1 saturated heterocycles. The Hall–Kier alpha value is -4.54. The van der Waals surface area contributed by atoms with E-state index < -0.39 is 10.8 Å². The molecule has 2 aromatic carbocycles. The molecule has 33 heavy (non-hydrogen) atoms. The lowest BCUT2D eigenvalue weighted by Crippen LogP contribution is -2.36. The van der Waals surface area contributed by atoms with E-state index in [1.807, 2.05) is 12.2 Å². The summed E-state index contributed by atoms with van der Waals surface area (Å²) in [4.78, 5) is 48.7. The van der Waals surface area contributed by atoms with Gasteiger partial charge in [-0.15, -0.1) is 0 Å². The maximum Gasteiger partial charge on any atom is 0.270 e. The number of aromatic nitrogens is 2. The number of benzene rings is 2. The van der Waals surface area contributed by atoms with E-state index in [1.165, 1.54) is 24.3 Å². The smallest absolute Gasteiger partial charge is 0.270 e. The van der Waals surface area contributed by atoms with E-state index >= 15 is 0 Å². The lowest BCUT2D eigenvalue weighted by Gasteiger charge is -2.17. The number of non-ortho nitro benzene ring substituents is 1. The SMILES string of the molecule is O=C(Nc1n[nH]c2ccc([N+](=O)[O-])cc12)c1cccc(NN2C(=O)[C@@H]3CC=CC[C@H]3C2=O)c1. The number of anilines is 2. The van der Waals surface area contributed by atoms with Gasteiger partial charge in [0.2, 0.25) is 0 Å². The van der Waals surface area contributed by atoms with Gasteiger partial charge >= 0.3 is 0 Å². The van der Waals surface area contributed by atoms with E-state index in [4.69, 9.17) is 0 Å². The van der Waals surface area contributed by atoms with Gasteiger partial charge in [0.25, 0.3) is 23.4 Å². The molecular weight excluding hydrogens is 428 g/mol. The maximum absolute atomic E-state index is 12.8. The highest BCUT2D eigenvalue weighted by Crippen LogP contribution is 2.35. The quantitative estimate of drug-likeness (QED) is 0.236. The summed E-state index contributed by atoms with van der Waals surface area (Å²) in [7, 11) is 0. The van der Waals surface area contributed by atoms with Crippen LogP contribution in [-0.4, -0.2) is 37.9 Å². The van der Waals surface area contributed by atoms with Gasteiger partial charge in [0.1, 0.15) is 0 Å². The fraction of sp³-hybridized carbons (Fsp3) is 0.182. The molecule has 2 heterocycles. The summed E-state index contributed by atoms with van der Waals surface area (Å²) in [5.74, 6) is -1.64. The van der Waals surface area contributed by atoms with Crippen LogP contribution in [0.5, 0.6) is 0 Å². The Balaban J connectivity index is 1.34. The van der Waals surface area contributed by atoms with Crippen LogP contribution in [0.4, 0.5) is 17.2 Å². The minimum absolute atomic E-state index is 0.124. The van der Waals surface area contributed by atoms with Gasteiger partial charge in [0.05, 0.1) is 33.3 Å². The van der Waals surface area contributed by atoms with Crippen LogP contribution in [0.15, 0.2) is 54.6 Å². The number of rotatable bonds is 5. The number of hydrogen-bond donors (Lipinski definition) is 3. The van der Waals surface area contributed by atoms with Crippen molar-refractivity contribution in [3.05, 3.63) is 70.3 Å². The van der Waals surface area contributed by atoms with E-state index in [1.54, 1.807) is 18.2 Å². The van der Waals surface area contributed by atoms with E-state index in [9.17, 15) is 24.5 Å². The third kappa shape index (κ3) is 3.59. The number of H-pyrrole nitrogens is 1. The normalized spacial score (nSPS) is 19.6. The molecule has 1 aliphatic heterocycles. The first-order valence-corrected chi connectivity index (χ1v) is 10.3. The first-order valence-electron chi connectivity index (χ1n) is 10.3. The molecule has 3 aromatic rings. The molecule has 2 atom stereocenters. The van der Waals surface area contributed by atoms with E-state index in [2.05, 4.69) is 20.9 Å². The number of amides is 3. The number of hydrogen-bond acceptors (Lipinski definition) is 7. The molecule has 1 aromatic heterocycles. The van der Waals surface area contributed by atoms with Crippen LogP contribution in [0, 0.1) is 22.0 Å². The van der Waals surface area contributed by atoms with Crippen LogP contribution in [0.25, 0.3) is 10.9 Å². The fourth-order valence-electron chi connectivity index (χ4n) is 4.16. The molecule has 0 saturated carbocycles. The molecule has 2 aliphatic rings. The summed E-state index contributed by atoms with van der Waals surface area (Å²) in [6.07, 6.45) is 4.89. The molecule has 1 aliphatic carbocycles. The summed E-state index contributed by atoms with van der Waals surface area (Å²) in [6.45, 7) is 0. The van der Waals surface area contributed by atoms with Crippen LogP contribution in [0.3, 0.4) is 0 Å². The molecule has 3 N–H and O–H groups in total. The molecule has 0 spiro atoms. The predicted molar refractivity (Wildman–Crippen MR) is 118 cm³/mol. The first-order chi connectivity index (χ1) is 15.9. The van der Waals surface area contributed by atoms with Crippen molar-refractivity contribution in [3.8, 4) is 0 Å². The first kappa shape index (κ1) is 20.4. The van der Waals surface area contributed by atoms with E-state index in [0.717, 1.165) is 5.01 Å². The van der Waals surface area contributed by atoms with Gasteiger partial charge in [-0.25, -0.2) is 0 Å². The van der Waals surface area contributed by atoms with Gasteiger partial charge in [-0.1, -0.05) is 18.2 Å².